The minimum Gasteiger partial charge on any atom is -0.384 e. The van der Waals surface area contributed by atoms with Crippen LogP contribution in [0.5, 0.6) is 0 Å². The first-order valence-corrected chi connectivity index (χ1v) is 8.43. The van der Waals surface area contributed by atoms with Crippen molar-refractivity contribution < 1.29 is 4.74 Å². The maximum Gasteiger partial charge on any atom is 0.193 e. The molecule has 24 heavy (non-hydrogen) atoms. The number of aromatic nitrogens is 1. The van der Waals surface area contributed by atoms with Gasteiger partial charge in [0.1, 0.15) is 5.82 Å². The Bertz CT molecular complexity index is 471. The number of nitrogens with zero attached hydrogens (tertiary/aromatic N) is 3. The van der Waals surface area contributed by atoms with E-state index >= 15 is 0 Å². The Morgan fingerprint density at radius 2 is 2.21 bits per heavy atom. The molecule has 136 valence electrons. The Balaban J connectivity index is 0.00000288. The molecule has 2 N–H and O–H groups in total. The summed E-state index contributed by atoms with van der Waals surface area (Å²) in [5.74, 6) is 2.58. The van der Waals surface area contributed by atoms with Gasteiger partial charge in [0, 0.05) is 52.5 Å². The summed E-state index contributed by atoms with van der Waals surface area (Å²) in [5, 5.41) is 6.79. The van der Waals surface area contributed by atoms with Crippen LogP contribution in [0.3, 0.4) is 0 Å². The number of halogens is 1. The van der Waals surface area contributed by atoms with Crippen LogP contribution in [0.25, 0.3) is 0 Å². The number of hydrogen-bond acceptors (Lipinski definition) is 4. The molecular weight excluding hydrogens is 417 g/mol. The third kappa shape index (κ3) is 7.21. The predicted molar refractivity (Wildman–Crippen MR) is 110 cm³/mol. The minimum atomic E-state index is 0. The highest BCUT2D eigenvalue weighted by molar-refractivity contribution is 14.0. The van der Waals surface area contributed by atoms with Crippen LogP contribution in [0, 0.1) is 5.92 Å². The normalized spacial score (nSPS) is 17.5. The van der Waals surface area contributed by atoms with Gasteiger partial charge in [-0.1, -0.05) is 6.07 Å². The van der Waals surface area contributed by atoms with Crippen molar-refractivity contribution in [2.45, 2.75) is 19.3 Å². The molecule has 0 bridgehead atoms. The van der Waals surface area contributed by atoms with Crippen molar-refractivity contribution in [1.82, 2.24) is 15.2 Å². The molecule has 1 aliphatic heterocycles. The molecule has 1 fully saturated rings. The first-order valence-electron chi connectivity index (χ1n) is 8.43. The van der Waals surface area contributed by atoms with Crippen molar-refractivity contribution in [2.75, 3.05) is 52.3 Å². The van der Waals surface area contributed by atoms with E-state index in [0.29, 0.717) is 5.92 Å². The van der Waals surface area contributed by atoms with Gasteiger partial charge in [-0.05, 0) is 31.4 Å². The molecular formula is C17H30IN5O. The number of anilines is 1. The quantitative estimate of drug-likeness (QED) is 0.278. The van der Waals surface area contributed by atoms with Crippen LogP contribution in [0.2, 0.25) is 0 Å². The van der Waals surface area contributed by atoms with Gasteiger partial charge >= 0.3 is 0 Å². The number of methoxy groups -OCH3 is 1. The second-order valence-corrected chi connectivity index (χ2v) is 5.88. The van der Waals surface area contributed by atoms with Crippen molar-refractivity contribution in [1.29, 1.82) is 0 Å². The SMILES string of the molecule is CN=C(NCCCCNc1ccccn1)N1CCC(COC)C1.I. The zero-order chi connectivity index (χ0) is 16.3. The number of guanidine groups is 1. The molecule has 7 heteroatoms. The van der Waals surface area contributed by atoms with Gasteiger partial charge in [-0.2, -0.15) is 0 Å². The Morgan fingerprint density at radius 3 is 2.92 bits per heavy atom. The van der Waals surface area contributed by atoms with E-state index in [-0.39, 0.29) is 24.0 Å². The van der Waals surface area contributed by atoms with Crippen LogP contribution in [-0.4, -0.2) is 62.8 Å². The highest BCUT2D eigenvalue weighted by Gasteiger charge is 2.24. The number of likely N-dealkylation sites (tertiary alicyclic amines) is 1. The topological polar surface area (TPSA) is 61.8 Å². The molecule has 1 atom stereocenters. The second-order valence-electron chi connectivity index (χ2n) is 5.88. The summed E-state index contributed by atoms with van der Waals surface area (Å²) in [5.41, 5.74) is 0. The van der Waals surface area contributed by atoms with E-state index in [1.807, 2.05) is 25.2 Å². The highest BCUT2D eigenvalue weighted by atomic mass is 127. The number of rotatable bonds is 8. The van der Waals surface area contributed by atoms with Crippen LogP contribution in [-0.2, 0) is 4.74 Å². The Kier molecular flexibility index (Phi) is 10.7. The summed E-state index contributed by atoms with van der Waals surface area (Å²) in [6.45, 7) is 4.83. The molecule has 1 aromatic heterocycles. The van der Waals surface area contributed by atoms with Gasteiger partial charge in [-0.25, -0.2) is 4.98 Å². The van der Waals surface area contributed by atoms with Gasteiger partial charge < -0.3 is 20.3 Å². The van der Waals surface area contributed by atoms with E-state index in [9.17, 15) is 0 Å². The van der Waals surface area contributed by atoms with Gasteiger partial charge in [0.15, 0.2) is 5.96 Å². The van der Waals surface area contributed by atoms with Crippen LogP contribution < -0.4 is 10.6 Å². The summed E-state index contributed by atoms with van der Waals surface area (Å²) in [6.07, 6.45) is 5.20. The van der Waals surface area contributed by atoms with Crippen molar-refractivity contribution >= 4 is 35.8 Å². The fourth-order valence-corrected chi connectivity index (χ4v) is 2.86. The molecule has 1 saturated heterocycles. The fourth-order valence-electron chi connectivity index (χ4n) is 2.86. The maximum absolute atomic E-state index is 5.25. The largest absolute Gasteiger partial charge is 0.384 e. The molecule has 1 unspecified atom stereocenters. The van der Waals surface area contributed by atoms with Crippen LogP contribution in [0.1, 0.15) is 19.3 Å². The van der Waals surface area contributed by atoms with Gasteiger partial charge in [0.25, 0.3) is 0 Å². The first-order chi connectivity index (χ1) is 11.3. The summed E-state index contributed by atoms with van der Waals surface area (Å²) in [7, 11) is 3.63. The van der Waals surface area contributed by atoms with E-state index in [2.05, 4.69) is 25.5 Å². The molecule has 0 aromatic carbocycles. The monoisotopic (exact) mass is 447 g/mol. The molecule has 0 aliphatic carbocycles. The number of hydrogen-bond donors (Lipinski definition) is 2. The second kappa shape index (κ2) is 12.3. The summed E-state index contributed by atoms with van der Waals surface area (Å²) >= 11 is 0. The predicted octanol–water partition coefficient (Wildman–Crippen LogP) is 2.44. The van der Waals surface area contributed by atoms with Crippen molar-refractivity contribution in [3.63, 3.8) is 0 Å². The van der Waals surface area contributed by atoms with Crippen LogP contribution >= 0.6 is 24.0 Å². The first kappa shape index (κ1) is 21.0. The lowest BCUT2D eigenvalue weighted by molar-refractivity contribution is 0.157. The van der Waals surface area contributed by atoms with E-state index in [1.54, 1.807) is 13.3 Å². The van der Waals surface area contributed by atoms with Crippen molar-refractivity contribution in [2.24, 2.45) is 10.9 Å². The van der Waals surface area contributed by atoms with E-state index in [0.717, 1.165) is 57.4 Å². The lowest BCUT2D eigenvalue weighted by Crippen LogP contribution is -2.40. The average molecular weight is 447 g/mol. The smallest absolute Gasteiger partial charge is 0.193 e. The molecule has 2 heterocycles. The van der Waals surface area contributed by atoms with Gasteiger partial charge in [-0.3, -0.25) is 4.99 Å². The standard InChI is InChI=1S/C17H29N5O.HI/c1-18-17(22-12-8-15(13-22)14-23-2)21-11-6-5-10-20-16-7-3-4-9-19-16;/h3-4,7,9,15H,5-6,8,10-14H2,1-2H3,(H,18,21)(H,19,20);1H. The van der Waals surface area contributed by atoms with Crippen molar-refractivity contribution in [3.05, 3.63) is 24.4 Å². The summed E-state index contributed by atoms with van der Waals surface area (Å²) in [4.78, 5) is 11.0. The average Bonchev–Trinajstić information content (AvgIpc) is 3.04. The van der Waals surface area contributed by atoms with Crippen LogP contribution in [0.15, 0.2) is 29.4 Å². The molecule has 1 aromatic rings. The minimum absolute atomic E-state index is 0. The summed E-state index contributed by atoms with van der Waals surface area (Å²) < 4.78 is 5.25. The zero-order valence-electron chi connectivity index (χ0n) is 14.7. The van der Waals surface area contributed by atoms with Gasteiger partial charge in [0.05, 0.1) is 6.61 Å². The Morgan fingerprint density at radius 1 is 1.38 bits per heavy atom. The van der Waals surface area contributed by atoms with E-state index < -0.39 is 0 Å². The van der Waals surface area contributed by atoms with Crippen molar-refractivity contribution in [3.8, 4) is 0 Å². The third-order valence-electron chi connectivity index (χ3n) is 4.06. The van der Waals surface area contributed by atoms with Gasteiger partial charge in [0.2, 0.25) is 0 Å². The molecule has 0 amide bonds. The molecule has 6 nitrogen and oxygen atoms in total. The lowest BCUT2D eigenvalue weighted by atomic mass is 10.1. The third-order valence-corrected chi connectivity index (χ3v) is 4.06. The number of unbranched alkanes of at least 4 members (excludes halogenated alkanes) is 1. The number of aliphatic imine (C=N–C) groups is 1. The highest BCUT2D eigenvalue weighted by Crippen LogP contribution is 2.16. The van der Waals surface area contributed by atoms with Gasteiger partial charge in [-0.15, -0.1) is 24.0 Å². The van der Waals surface area contributed by atoms with Crippen LogP contribution in [0.4, 0.5) is 5.82 Å². The lowest BCUT2D eigenvalue weighted by Gasteiger charge is -2.21. The Hall–Kier alpha value is -1.09. The molecule has 0 saturated carbocycles. The molecule has 1 aliphatic rings. The zero-order valence-corrected chi connectivity index (χ0v) is 17.0. The molecule has 0 spiro atoms. The summed E-state index contributed by atoms with van der Waals surface area (Å²) in [6, 6.07) is 5.91. The Labute approximate surface area is 162 Å². The maximum atomic E-state index is 5.25. The molecule has 0 radical (unpaired) electrons. The number of ether oxygens (including phenoxy) is 1. The van der Waals surface area contributed by atoms with E-state index in [1.165, 1.54) is 6.42 Å². The fraction of sp³-hybridized carbons (Fsp3) is 0.647. The number of nitrogens with one attached hydrogen (secondary N) is 2. The number of pyridine rings is 1. The molecule has 2 rings (SSSR count). The van der Waals surface area contributed by atoms with E-state index in [4.69, 9.17) is 4.74 Å².